The molecule has 162 valence electrons. The number of morpholine rings is 1. The number of benzene rings is 1. The van der Waals surface area contributed by atoms with Gasteiger partial charge in [0, 0.05) is 57.3 Å². The van der Waals surface area contributed by atoms with Crippen molar-refractivity contribution in [3.05, 3.63) is 46.9 Å². The molecule has 1 amide bonds. The molecule has 1 unspecified atom stereocenters. The van der Waals surface area contributed by atoms with Crippen molar-refractivity contribution < 1.29 is 23.1 Å². The predicted molar refractivity (Wildman–Crippen MR) is 107 cm³/mol. The fourth-order valence-corrected chi connectivity index (χ4v) is 3.78. The molecule has 0 radical (unpaired) electrons. The second kappa shape index (κ2) is 9.11. The number of carbonyl (C=O) groups is 1. The predicted octanol–water partition coefficient (Wildman–Crippen LogP) is 1.44. The Labute approximate surface area is 174 Å². The maximum atomic E-state index is 14.3. The lowest BCUT2D eigenvalue weighted by Gasteiger charge is -2.29. The lowest BCUT2D eigenvalue weighted by atomic mass is 10.1. The Balaban J connectivity index is 1.34. The van der Waals surface area contributed by atoms with Crippen molar-refractivity contribution in [1.29, 1.82) is 0 Å². The Hall–Kier alpha value is -2.49. The van der Waals surface area contributed by atoms with Gasteiger partial charge >= 0.3 is 5.91 Å². The molecule has 0 spiro atoms. The smallest absolute Gasteiger partial charge is 0.307 e. The highest BCUT2D eigenvalue weighted by molar-refractivity contribution is 5.89. The first-order valence-electron chi connectivity index (χ1n) is 10.1. The fraction of sp³-hybridized carbons (Fsp3) is 0.524. The van der Waals surface area contributed by atoms with Gasteiger partial charge in [0.15, 0.2) is 0 Å². The number of hydrogen-bond acceptors (Lipinski definition) is 7. The van der Waals surface area contributed by atoms with Crippen LogP contribution < -0.4 is 10.1 Å². The van der Waals surface area contributed by atoms with Crippen molar-refractivity contribution in [1.82, 2.24) is 20.1 Å². The molecule has 2 aromatic rings. The number of halogens is 1. The number of oxazole rings is 1. The molecular formula is C21H27FN4O4. The summed E-state index contributed by atoms with van der Waals surface area (Å²) in [5, 5.41) is 2.85. The number of likely N-dealkylation sites (N-methyl/N-ethyl adjacent to an activating group) is 1. The minimum atomic E-state index is -0.339. The number of hydrogen-bond donors (Lipinski definition) is 1. The molecule has 2 aliphatic heterocycles. The quantitative estimate of drug-likeness (QED) is 0.760. The van der Waals surface area contributed by atoms with E-state index in [0.29, 0.717) is 50.5 Å². The van der Waals surface area contributed by atoms with Gasteiger partial charge in [-0.2, -0.15) is 0 Å². The second-order valence-electron chi connectivity index (χ2n) is 7.77. The zero-order valence-corrected chi connectivity index (χ0v) is 17.3. The van der Waals surface area contributed by atoms with Gasteiger partial charge in [-0.25, -0.2) is 9.37 Å². The number of nitrogens with one attached hydrogen (secondary N) is 1. The average Bonchev–Trinajstić information content (AvgIpc) is 3.17. The third-order valence-corrected chi connectivity index (χ3v) is 5.49. The molecule has 3 heterocycles. The minimum Gasteiger partial charge on any atom is -0.497 e. The van der Waals surface area contributed by atoms with Crippen molar-refractivity contribution in [3.8, 4) is 5.75 Å². The summed E-state index contributed by atoms with van der Waals surface area (Å²) < 4.78 is 30.7. The molecular weight excluding hydrogens is 391 g/mol. The maximum Gasteiger partial charge on any atom is 0.307 e. The van der Waals surface area contributed by atoms with Crippen LogP contribution >= 0.6 is 0 Å². The second-order valence-corrected chi connectivity index (χ2v) is 7.77. The number of amides is 1. The SMILES string of the molecule is COc1ccc(CN2CCc3oc(C(=O)NCC4CN(C)CCO4)nc3C2)c(F)c1. The van der Waals surface area contributed by atoms with Gasteiger partial charge in [-0.1, -0.05) is 6.07 Å². The van der Waals surface area contributed by atoms with E-state index < -0.39 is 0 Å². The summed E-state index contributed by atoms with van der Waals surface area (Å²) in [5.41, 5.74) is 1.33. The lowest BCUT2D eigenvalue weighted by molar-refractivity contribution is -0.0176. The number of fused-ring (bicyclic) bond motifs is 1. The standard InChI is InChI=1S/C21H27FN4O4/c1-25-7-8-29-16(12-25)10-23-20(27)21-24-18-13-26(6-5-19(18)30-21)11-14-3-4-15(28-2)9-17(14)22/h3-4,9,16H,5-8,10-13H2,1-2H3,(H,23,27). The maximum absolute atomic E-state index is 14.3. The molecule has 9 heteroatoms. The van der Waals surface area contributed by atoms with Crippen LogP contribution in [0.2, 0.25) is 0 Å². The molecule has 8 nitrogen and oxygen atoms in total. The highest BCUT2D eigenvalue weighted by atomic mass is 19.1. The number of carbonyl (C=O) groups excluding carboxylic acids is 1. The largest absolute Gasteiger partial charge is 0.497 e. The third-order valence-electron chi connectivity index (χ3n) is 5.49. The summed E-state index contributed by atoms with van der Waals surface area (Å²) in [6.45, 7) is 4.42. The van der Waals surface area contributed by atoms with Gasteiger partial charge in [-0.15, -0.1) is 0 Å². The van der Waals surface area contributed by atoms with E-state index in [1.807, 2.05) is 7.05 Å². The van der Waals surface area contributed by atoms with Crippen LogP contribution in [0.1, 0.15) is 27.7 Å². The van der Waals surface area contributed by atoms with Crippen LogP contribution in [-0.4, -0.2) is 73.7 Å². The molecule has 1 aromatic heterocycles. The topological polar surface area (TPSA) is 80.1 Å². The molecule has 30 heavy (non-hydrogen) atoms. The Bertz CT molecular complexity index is 903. The van der Waals surface area contributed by atoms with E-state index in [2.05, 4.69) is 20.1 Å². The third kappa shape index (κ3) is 4.80. The number of aromatic nitrogens is 1. The first-order chi connectivity index (χ1) is 14.5. The molecule has 0 saturated carbocycles. The van der Waals surface area contributed by atoms with Crippen molar-refractivity contribution in [2.45, 2.75) is 25.6 Å². The van der Waals surface area contributed by atoms with Gasteiger partial charge in [0.05, 0.1) is 25.5 Å². The molecule has 1 N–H and O–H groups in total. The van der Waals surface area contributed by atoms with Gasteiger partial charge in [0.25, 0.3) is 5.89 Å². The van der Waals surface area contributed by atoms with Gasteiger partial charge in [0.2, 0.25) is 0 Å². The average molecular weight is 418 g/mol. The van der Waals surface area contributed by atoms with Gasteiger partial charge in [-0.3, -0.25) is 9.69 Å². The van der Waals surface area contributed by atoms with Crippen LogP contribution in [0.5, 0.6) is 5.75 Å². The molecule has 1 fully saturated rings. The minimum absolute atomic E-state index is 0.0350. The van der Waals surface area contributed by atoms with E-state index in [1.54, 1.807) is 12.1 Å². The number of rotatable bonds is 6. The normalized spacial score (nSPS) is 20.0. The van der Waals surface area contributed by atoms with E-state index in [1.165, 1.54) is 13.2 Å². The number of ether oxygens (including phenoxy) is 2. The zero-order valence-electron chi connectivity index (χ0n) is 17.3. The van der Waals surface area contributed by atoms with E-state index in [4.69, 9.17) is 13.9 Å². The molecule has 2 aliphatic rings. The highest BCUT2D eigenvalue weighted by Gasteiger charge is 2.26. The van der Waals surface area contributed by atoms with Gasteiger partial charge in [-0.05, 0) is 13.1 Å². The summed E-state index contributed by atoms with van der Waals surface area (Å²) in [4.78, 5) is 21.1. The molecule has 0 aliphatic carbocycles. The van der Waals surface area contributed by atoms with Crippen LogP contribution in [0.4, 0.5) is 4.39 Å². The van der Waals surface area contributed by atoms with E-state index in [-0.39, 0.29) is 23.7 Å². The number of nitrogens with zero attached hydrogens (tertiary/aromatic N) is 3. The number of methoxy groups -OCH3 is 1. The van der Waals surface area contributed by atoms with Gasteiger partial charge < -0.3 is 24.1 Å². The Kier molecular flexibility index (Phi) is 6.31. The first-order valence-corrected chi connectivity index (χ1v) is 10.1. The molecule has 0 bridgehead atoms. The van der Waals surface area contributed by atoms with Crippen LogP contribution in [0, 0.1) is 5.82 Å². The summed E-state index contributed by atoms with van der Waals surface area (Å²) in [5.74, 6) is 0.654. The van der Waals surface area contributed by atoms with Crippen molar-refractivity contribution in [2.24, 2.45) is 0 Å². The first kappa shape index (κ1) is 20.8. The highest BCUT2D eigenvalue weighted by Crippen LogP contribution is 2.23. The van der Waals surface area contributed by atoms with Crippen LogP contribution in [0.15, 0.2) is 22.6 Å². The van der Waals surface area contributed by atoms with Crippen LogP contribution in [-0.2, 0) is 24.2 Å². The fourth-order valence-electron chi connectivity index (χ4n) is 3.78. The summed E-state index contributed by atoms with van der Waals surface area (Å²) >= 11 is 0. The summed E-state index contributed by atoms with van der Waals surface area (Å²) in [6.07, 6.45) is 0.594. The van der Waals surface area contributed by atoms with E-state index in [0.717, 1.165) is 24.5 Å². The molecule has 1 saturated heterocycles. The zero-order chi connectivity index (χ0) is 21.1. The van der Waals surface area contributed by atoms with Gasteiger partial charge in [0.1, 0.15) is 17.3 Å². The Morgan fingerprint density at radius 3 is 3.03 bits per heavy atom. The van der Waals surface area contributed by atoms with Crippen LogP contribution in [0.25, 0.3) is 0 Å². The van der Waals surface area contributed by atoms with Crippen molar-refractivity contribution in [2.75, 3.05) is 46.9 Å². The summed E-state index contributed by atoms with van der Waals surface area (Å²) in [6, 6.07) is 4.87. The van der Waals surface area contributed by atoms with Crippen molar-refractivity contribution in [3.63, 3.8) is 0 Å². The summed E-state index contributed by atoms with van der Waals surface area (Å²) in [7, 11) is 3.54. The van der Waals surface area contributed by atoms with E-state index in [9.17, 15) is 9.18 Å². The van der Waals surface area contributed by atoms with Crippen molar-refractivity contribution >= 4 is 5.91 Å². The Morgan fingerprint density at radius 2 is 2.27 bits per heavy atom. The molecule has 1 aromatic carbocycles. The Morgan fingerprint density at radius 1 is 1.40 bits per heavy atom. The van der Waals surface area contributed by atoms with Crippen LogP contribution in [0.3, 0.4) is 0 Å². The molecule has 4 rings (SSSR count). The monoisotopic (exact) mass is 418 g/mol. The van der Waals surface area contributed by atoms with E-state index >= 15 is 0 Å². The molecule has 1 atom stereocenters. The lowest BCUT2D eigenvalue weighted by Crippen LogP contribution is -2.45.